The summed E-state index contributed by atoms with van der Waals surface area (Å²) >= 11 is 0. The van der Waals surface area contributed by atoms with Crippen molar-refractivity contribution in [1.82, 2.24) is 14.8 Å². The van der Waals surface area contributed by atoms with Crippen molar-refractivity contribution in [1.29, 1.82) is 0 Å². The molecule has 4 rings (SSSR count). The summed E-state index contributed by atoms with van der Waals surface area (Å²) in [6.07, 6.45) is 2.03. The number of nitrogens with zero attached hydrogens (tertiary/aromatic N) is 4. The van der Waals surface area contributed by atoms with Gasteiger partial charge in [0.15, 0.2) is 0 Å². The highest BCUT2D eigenvalue weighted by Crippen LogP contribution is 2.29. The first-order chi connectivity index (χ1) is 13.5. The van der Waals surface area contributed by atoms with Crippen molar-refractivity contribution in [2.24, 2.45) is 0 Å². The van der Waals surface area contributed by atoms with Gasteiger partial charge in [0, 0.05) is 23.4 Å². The number of hydrogen-bond donors (Lipinski definition) is 2. The van der Waals surface area contributed by atoms with Gasteiger partial charge in [0.05, 0.1) is 4.92 Å². The standard InChI is InChI=1S/C19H16N6O3/c1-12-11-16(13-5-3-2-4-6-13)24-19(20-12)22-18(23-24)21-17(26)14-7-9-15(10-8-14)25(27)28/h2-11,16H,1H3,(H2,20,21,22,23,26)/t16-/m1/s1. The fourth-order valence-corrected chi connectivity index (χ4v) is 2.98. The van der Waals surface area contributed by atoms with Crippen LogP contribution >= 0.6 is 0 Å². The van der Waals surface area contributed by atoms with Gasteiger partial charge < -0.3 is 5.32 Å². The number of aromatic nitrogens is 3. The largest absolute Gasteiger partial charge is 0.329 e. The van der Waals surface area contributed by atoms with Crippen LogP contribution in [0.25, 0.3) is 0 Å². The molecule has 0 unspecified atom stereocenters. The smallest absolute Gasteiger partial charge is 0.269 e. The summed E-state index contributed by atoms with van der Waals surface area (Å²) < 4.78 is 1.70. The van der Waals surface area contributed by atoms with E-state index in [0.717, 1.165) is 11.3 Å². The van der Waals surface area contributed by atoms with Gasteiger partial charge in [-0.2, -0.15) is 4.98 Å². The molecular weight excluding hydrogens is 360 g/mol. The number of anilines is 2. The van der Waals surface area contributed by atoms with E-state index in [0.29, 0.717) is 5.95 Å². The van der Waals surface area contributed by atoms with Gasteiger partial charge in [0.2, 0.25) is 5.95 Å². The van der Waals surface area contributed by atoms with Crippen LogP contribution in [0.15, 0.2) is 66.4 Å². The summed E-state index contributed by atoms with van der Waals surface area (Å²) in [6.45, 7) is 1.93. The Labute approximate surface area is 159 Å². The molecule has 0 saturated carbocycles. The Bertz CT molecular complexity index is 1070. The van der Waals surface area contributed by atoms with E-state index in [1.807, 2.05) is 43.3 Å². The number of amides is 1. The van der Waals surface area contributed by atoms with E-state index >= 15 is 0 Å². The minimum absolute atomic E-state index is 0.0800. The molecular formula is C19H16N6O3. The zero-order valence-electron chi connectivity index (χ0n) is 14.9. The Morgan fingerprint density at radius 2 is 1.89 bits per heavy atom. The minimum atomic E-state index is -0.516. The van der Waals surface area contributed by atoms with Crippen molar-refractivity contribution in [2.75, 3.05) is 10.6 Å². The predicted octanol–water partition coefficient (Wildman–Crippen LogP) is 3.36. The van der Waals surface area contributed by atoms with Crippen LogP contribution in [0.4, 0.5) is 17.6 Å². The molecule has 0 saturated heterocycles. The lowest BCUT2D eigenvalue weighted by atomic mass is 10.1. The molecule has 1 atom stereocenters. The van der Waals surface area contributed by atoms with Crippen LogP contribution in [-0.4, -0.2) is 25.6 Å². The molecule has 9 heteroatoms. The molecule has 0 bridgehead atoms. The quantitative estimate of drug-likeness (QED) is 0.533. The first-order valence-electron chi connectivity index (χ1n) is 8.54. The molecule has 28 heavy (non-hydrogen) atoms. The molecule has 140 valence electrons. The highest BCUT2D eigenvalue weighted by atomic mass is 16.6. The van der Waals surface area contributed by atoms with Gasteiger partial charge in [-0.25, -0.2) is 4.68 Å². The Morgan fingerprint density at radius 3 is 2.57 bits per heavy atom. The van der Waals surface area contributed by atoms with E-state index in [1.54, 1.807) is 4.68 Å². The van der Waals surface area contributed by atoms with Crippen LogP contribution in [0.5, 0.6) is 0 Å². The molecule has 1 aliphatic heterocycles. The first kappa shape index (κ1) is 17.4. The van der Waals surface area contributed by atoms with Crippen LogP contribution in [0.3, 0.4) is 0 Å². The fraction of sp³-hybridized carbons (Fsp3) is 0.105. The number of carbonyl (C=O) groups is 1. The van der Waals surface area contributed by atoms with Gasteiger partial charge in [-0.1, -0.05) is 30.3 Å². The van der Waals surface area contributed by atoms with Crippen LogP contribution < -0.4 is 10.6 Å². The van der Waals surface area contributed by atoms with Gasteiger partial charge in [-0.15, -0.1) is 5.10 Å². The maximum atomic E-state index is 12.4. The molecule has 1 amide bonds. The highest BCUT2D eigenvalue weighted by molar-refractivity contribution is 6.03. The van der Waals surface area contributed by atoms with Crippen LogP contribution in [0, 0.1) is 10.1 Å². The number of non-ortho nitro benzene ring substituents is 1. The zero-order chi connectivity index (χ0) is 19.7. The summed E-state index contributed by atoms with van der Waals surface area (Å²) in [5.41, 5.74) is 2.17. The number of fused-ring (bicyclic) bond motifs is 1. The molecule has 2 N–H and O–H groups in total. The molecule has 0 fully saturated rings. The predicted molar refractivity (Wildman–Crippen MR) is 103 cm³/mol. The van der Waals surface area contributed by atoms with Crippen LogP contribution in [0.1, 0.15) is 28.9 Å². The number of nitro benzene ring substituents is 1. The van der Waals surface area contributed by atoms with E-state index in [-0.39, 0.29) is 23.2 Å². The molecule has 2 heterocycles. The molecule has 3 aromatic rings. The van der Waals surface area contributed by atoms with Gasteiger partial charge in [0.1, 0.15) is 6.04 Å². The van der Waals surface area contributed by atoms with Gasteiger partial charge in [-0.3, -0.25) is 20.2 Å². The third-order valence-electron chi connectivity index (χ3n) is 4.32. The van der Waals surface area contributed by atoms with E-state index in [2.05, 4.69) is 20.7 Å². The van der Waals surface area contributed by atoms with Gasteiger partial charge in [0.25, 0.3) is 17.5 Å². The second-order valence-corrected chi connectivity index (χ2v) is 6.29. The van der Waals surface area contributed by atoms with E-state index in [4.69, 9.17) is 0 Å². The monoisotopic (exact) mass is 376 g/mol. The van der Waals surface area contributed by atoms with Crippen molar-refractivity contribution in [3.63, 3.8) is 0 Å². The second kappa shape index (κ2) is 6.95. The van der Waals surface area contributed by atoms with E-state index in [1.165, 1.54) is 24.3 Å². The normalized spacial score (nSPS) is 15.2. The molecule has 0 radical (unpaired) electrons. The molecule has 2 aromatic carbocycles. The molecule has 0 spiro atoms. The van der Waals surface area contributed by atoms with Gasteiger partial charge >= 0.3 is 0 Å². The molecule has 1 aliphatic rings. The topological polar surface area (TPSA) is 115 Å². The molecule has 9 nitrogen and oxygen atoms in total. The van der Waals surface area contributed by atoms with Crippen molar-refractivity contribution in [3.05, 3.63) is 87.6 Å². The highest BCUT2D eigenvalue weighted by Gasteiger charge is 2.24. The summed E-state index contributed by atoms with van der Waals surface area (Å²) in [5.74, 6) is 0.224. The maximum Gasteiger partial charge on any atom is 0.269 e. The SMILES string of the molecule is CC1=C[C@H](c2ccccc2)n2nc(NC(=O)c3ccc([N+](=O)[O-])cc3)nc2N1. The number of hydrogen-bond acceptors (Lipinski definition) is 6. The van der Waals surface area contributed by atoms with E-state index in [9.17, 15) is 14.9 Å². The maximum absolute atomic E-state index is 12.4. The number of nitro groups is 1. The van der Waals surface area contributed by atoms with Gasteiger partial charge in [-0.05, 0) is 30.7 Å². The Balaban J connectivity index is 1.58. The second-order valence-electron chi connectivity index (χ2n) is 6.29. The Kier molecular flexibility index (Phi) is 4.32. The number of benzene rings is 2. The number of allylic oxidation sites excluding steroid dienone is 2. The van der Waals surface area contributed by atoms with Crippen LogP contribution in [0.2, 0.25) is 0 Å². The first-order valence-corrected chi connectivity index (χ1v) is 8.54. The third kappa shape index (κ3) is 3.32. The summed E-state index contributed by atoms with van der Waals surface area (Å²) in [7, 11) is 0. The summed E-state index contributed by atoms with van der Waals surface area (Å²) in [4.78, 5) is 27.0. The molecule has 1 aromatic heterocycles. The number of nitrogens with one attached hydrogen (secondary N) is 2. The minimum Gasteiger partial charge on any atom is -0.329 e. The zero-order valence-corrected chi connectivity index (χ0v) is 14.9. The third-order valence-corrected chi connectivity index (χ3v) is 4.32. The van der Waals surface area contributed by atoms with E-state index < -0.39 is 10.8 Å². The van der Waals surface area contributed by atoms with Crippen molar-refractivity contribution < 1.29 is 9.72 Å². The molecule has 0 aliphatic carbocycles. The summed E-state index contributed by atoms with van der Waals surface area (Å²) in [5, 5.41) is 20.9. The van der Waals surface area contributed by atoms with Crippen molar-refractivity contribution >= 4 is 23.5 Å². The Morgan fingerprint density at radius 1 is 1.18 bits per heavy atom. The van der Waals surface area contributed by atoms with Crippen molar-refractivity contribution in [3.8, 4) is 0 Å². The fourth-order valence-electron chi connectivity index (χ4n) is 2.98. The van der Waals surface area contributed by atoms with Crippen molar-refractivity contribution in [2.45, 2.75) is 13.0 Å². The number of carbonyl (C=O) groups excluding carboxylic acids is 1. The lowest BCUT2D eigenvalue weighted by molar-refractivity contribution is -0.384. The lowest BCUT2D eigenvalue weighted by Crippen LogP contribution is -2.19. The Hall–Kier alpha value is -4.01. The lowest BCUT2D eigenvalue weighted by Gasteiger charge is -2.22. The summed E-state index contributed by atoms with van der Waals surface area (Å²) in [6, 6.07) is 15.0. The number of rotatable bonds is 4. The average Bonchev–Trinajstić information content (AvgIpc) is 3.10. The van der Waals surface area contributed by atoms with Crippen LogP contribution in [-0.2, 0) is 0 Å². The average molecular weight is 376 g/mol.